The van der Waals surface area contributed by atoms with E-state index < -0.39 is 15.8 Å². The van der Waals surface area contributed by atoms with Gasteiger partial charge in [0.25, 0.3) is 0 Å². The van der Waals surface area contributed by atoms with Crippen LogP contribution >= 0.6 is 11.6 Å². The second-order valence-corrected chi connectivity index (χ2v) is 8.26. The number of sulfonamides is 1. The van der Waals surface area contributed by atoms with Crippen molar-refractivity contribution in [2.75, 3.05) is 7.05 Å². The van der Waals surface area contributed by atoms with Crippen LogP contribution in [0.25, 0.3) is 0 Å². The van der Waals surface area contributed by atoms with Gasteiger partial charge in [0.05, 0.1) is 0 Å². The van der Waals surface area contributed by atoms with Crippen molar-refractivity contribution in [1.29, 1.82) is 0 Å². The van der Waals surface area contributed by atoms with E-state index in [4.69, 9.17) is 11.6 Å². The van der Waals surface area contributed by atoms with Gasteiger partial charge in [0.1, 0.15) is 10.7 Å². The number of piperidine rings is 1. The molecule has 0 spiro atoms. The second kappa shape index (κ2) is 5.50. The largest absolute Gasteiger partial charge is 0.311 e. The van der Waals surface area contributed by atoms with Crippen LogP contribution in [0.2, 0.25) is 5.02 Å². The van der Waals surface area contributed by atoms with Gasteiger partial charge in [-0.1, -0.05) is 11.6 Å². The number of nitrogens with zero attached hydrogens (tertiary/aromatic N) is 1. The Hall–Kier alpha value is -0.690. The summed E-state index contributed by atoms with van der Waals surface area (Å²) >= 11 is 5.81. The average Bonchev–Trinajstić information content (AvgIpc) is 2.79. The van der Waals surface area contributed by atoms with E-state index in [-0.39, 0.29) is 16.0 Å². The number of hydrogen-bond acceptors (Lipinski definition) is 3. The van der Waals surface area contributed by atoms with E-state index in [1.165, 1.54) is 23.5 Å². The summed E-state index contributed by atoms with van der Waals surface area (Å²) in [5.74, 6) is -0.761. The van der Waals surface area contributed by atoms with Gasteiger partial charge in [-0.15, -0.1) is 0 Å². The molecule has 4 nitrogen and oxygen atoms in total. The van der Waals surface area contributed by atoms with Gasteiger partial charge in [-0.25, -0.2) is 12.8 Å². The Morgan fingerprint density at radius 1 is 1.29 bits per heavy atom. The number of nitrogens with one attached hydrogen (secondary N) is 1. The molecule has 2 saturated heterocycles. The number of hydrogen-bond donors (Lipinski definition) is 1. The molecule has 2 aliphatic heterocycles. The molecule has 7 heteroatoms. The van der Waals surface area contributed by atoms with Gasteiger partial charge in [0.15, 0.2) is 0 Å². The number of rotatable bonds is 3. The van der Waals surface area contributed by atoms with Crippen LogP contribution in [-0.2, 0) is 10.0 Å². The van der Waals surface area contributed by atoms with Crippen LogP contribution in [-0.4, -0.2) is 37.9 Å². The summed E-state index contributed by atoms with van der Waals surface area (Å²) in [4.78, 5) is -0.344. The van der Waals surface area contributed by atoms with Crippen molar-refractivity contribution in [1.82, 2.24) is 9.62 Å². The quantitative estimate of drug-likeness (QED) is 0.924. The molecular formula is C14H18ClFN2O2S. The maximum absolute atomic E-state index is 13.9. The minimum absolute atomic E-state index is 0.0906. The number of halogens is 2. The van der Waals surface area contributed by atoms with E-state index >= 15 is 0 Å². The zero-order chi connectivity index (χ0) is 15.2. The molecule has 3 rings (SSSR count). The lowest BCUT2D eigenvalue weighted by molar-refractivity contribution is 0.251. The average molecular weight is 333 g/mol. The van der Waals surface area contributed by atoms with E-state index in [1.54, 1.807) is 0 Å². The van der Waals surface area contributed by atoms with Crippen LogP contribution in [0.4, 0.5) is 4.39 Å². The normalized spacial score (nSPS) is 29.0. The van der Waals surface area contributed by atoms with E-state index in [2.05, 4.69) is 5.32 Å². The highest BCUT2D eigenvalue weighted by molar-refractivity contribution is 7.89. The van der Waals surface area contributed by atoms with Crippen molar-refractivity contribution < 1.29 is 12.8 Å². The van der Waals surface area contributed by atoms with Crippen molar-refractivity contribution in [2.45, 2.75) is 48.7 Å². The van der Waals surface area contributed by atoms with Gasteiger partial charge >= 0.3 is 0 Å². The zero-order valence-corrected chi connectivity index (χ0v) is 13.3. The molecule has 2 atom stereocenters. The SMILES string of the molecule is CN(C1CC2CCC(C1)N2)S(=O)(=O)c1cc(Cl)ccc1F. The molecule has 0 amide bonds. The smallest absolute Gasteiger partial charge is 0.246 e. The fourth-order valence-corrected chi connectivity index (χ4v) is 5.05. The molecule has 116 valence electrons. The number of benzene rings is 1. The summed E-state index contributed by atoms with van der Waals surface area (Å²) in [6.07, 6.45) is 3.71. The van der Waals surface area contributed by atoms with Gasteiger partial charge in [-0.05, 0) is 43.9 Å². The lowest BCUT2D eigenvalue weighted by Gasteiger charge is -2.34. The van der Waals surface area contributed by atoms with E-state index in [0.717, 1.165) is 31.7 Å². The first-order chi connectivity index (χ1) is 9.88. The Morgan fingerprint density at radius 2 is 1.90 bits per heavy atom. The molecular weight excluding hydrogens is 315 g/mol. The van der Waals surface area contributed by atoms with Crippen molar-refractivity contribution in [3.63, 3.8) is 0 Å². The Labute approximate surface area is 129 Å². The lowest BCUT2D eigenvalue weighted by atomic mass is 10.0. The molecule has 1 aromatic rings. The summed E-state index contributed by atoms with van der Waals surface area (Å²) in [5, 5.41) is 3.69. The van der Waals surface area contributed by atoms with Gasteiger partial charge in [0.2, 0.25) is 10.0 Å². The molecule has 0 saturated carbocycles. The minimum Gasteiger partial charge on any atom is -0.311 e. The fourth-order valence-electron chi connectivity index (χ4n) is 3.35. The third-order valence-electron chi connectivity index (χ3n) is 4.51. The van der Waals surface area contributed by atoms with E-state index in [1.807, 2.05) is 0 Å². The molecule has 0 aliphatic carbocycles. The highest BCUT2D eigenvalue weighted by Crippen LogP contribution is 2.32. The van der Waals surface area contributed by atoms with Crippen LogP contribution in [0.3, 0.4) is 0 Å². The van der Waals surface area contributed by atoms with Gasteiger partial charge in [-0.2, -0.15) is 4.31 Å². The molecule has 1 N–H and O–H groups in total. The zero-order valence-electron chi connectivity index (χ0n) is 11.7. The van der Waals surface area contributed by atoms with Crippen LogP contribution in [0.5, 0.6) is 0 Å². The van der Waals surface area contributed by atoms with E-state index in [0.29, 0.717) is 12.1 Å². The summed E-state index contributed by atoms with van der Waals surface area (Å²) in [7, 11) is -2.33. The molecule has 0 radical (unpaired) electrons. The Balaban J connectivity index is 1.89. The topological polar surface area (TPSA) is 49.4 Å². The highest BCUT2D eigenvalue weighted by atomic mass is 35.5. The third-order valence-corrected chi connectivity index (χ3v) is 6.67. The van der Waals surface area contributed by atoms with Crippen LogP contribution in [0.1, 0.15) is 25.7 Å². The van der Waals surface area contributed by atoms with Crippen molar-refractivity contribution in [3.05, 3.63) is 29.0 Å². The van der Waals surface area contributed by atoms with Gasteiger partial charge in [0, 0.05) is 30.2 Å². The molecule has 2 fully saturated rings. The van der Waals surface area contributed by atoms with E-state index in [9.17, 15) is 12.8 Å². The van der Waals surface area contributed by atoms with Crippen LogP contribution in [0, 0.1) is 5.82 Å². The Bertz CT molecular complexity index is 640. The van der Waals surface area contributed by atoms with Gasteiger partial charge in [-0.3, -0.25) is 0 Å². The summed E-state index contributed by atoms with van der Waals surface area (Å²) < 4.78 is 40.5. The van der Waals surface area contributed by atoms with Crippen molar-refractivity contribution in [2.24, 2.45) is 0 Å². The first kappa shape index (κ1) is 15.2. The van der Waals surface area contributed by atoms with Gasteiger partial charge < -0.3 is 5.32 Å². The Morgan fingerprint density at radius 3 is 2.52 bits per heavy atom. The molecule has 0 aromatic heterocycles. The standard InChI is InChI=1S/C14H18ClFN2O2S/c1-18(12-7-10-3-4-11(8-12)17-10)21(19,20)14-6-9(15)2-5-13(14)16/h2,5-6,10-12,17H,3-4,7-8H2,1H3. The maximum Gasteiger partial charge on any atom is 0.246 e. The summed E-state index contributed by atoms with van der Waals surface area (Å²) in [6, 6.07) is 4.27. The molecule has 2 bridgehead atoms. The van der Waals surface area contributed by atoms with Crippen molar-refractivity contribution in [3.8, 4) is 0 Å². The first-order valence-corrected chi connectivity index (χ1v) is 8.89. The third kappa shape index (κ3) is 2.82. The predicted octanol–water partition coefficient (Wildman–Crippen LogP) is 2.38. The lowest BCUT2D eigenvalue weighted by Crippen LogP contribution is -2.48. The molecule has 21 heavy (non-hydrogen) atoms. The number of fused-ring (bicyclic) bond motifs is 2. The predicted molar refractivity (Wildman–Crippen MR) is 79.3 cm³/mol. The highest BCUT2D eigenvalue weighted by Gasteiger charge is 2.39. The molecule has 2 heterocycles. The Kier molecular flexibility index (Phi) is 3.98. The van der Waals surface area contributed by atoms with Crippen LogP contribution < -0.4 is 5.32 Å². The summed E-state index contributed by atoms with van der Waals surface area (Å²) in [6.45, 7) is 0. The monoisotopic (exact) mass is 332 g/mol. The fraction of sp³-hybridized carbons (Fsp3) is 0.571. The molecule has 1 aromatic carbocycles. The van der Waals surface area contributed by atoms with Crippen LogP contribution in [0.15, 0.2) is 23.1 Å². The minimum atomic E-state index is -3.86. The maximum atomic E-state index is 13.9. The second-order valence-electron chi connectivity index (χ2n) is 5.86. The first-order valence-electron chi connectivity index (χ1n) is 7.07. The summed E-state index contributed by atoms with van der Waals surface area (Å²) in [5.41, 5.74) is 0. The molecule has 2 unspecified atom stereocenters. The molecule has 2 aliphatic rings. The van der Waals surface area contributed by atoms with Crippen molar-refractivity contribution >= 4 is 21.6 Å².